The number of methoxy groups -OCH3 is 1. The molecule has 0 aromatic carbocycles. The summed E-state index contributed by atoms with van der Waals surface area (Å²) >= 11 is 1.82. The maximum atomic E-state index is 5.08. The lowest BCUT2D eigenvalue weighted by molar-refractivity contribution is 0.199. The van der Waals surface area contributed by atoms with Gasteiger partial charge in [0, 0.05) is 38.2 Å². The Balaban J connectivity index is 2.77. The van der Waals surface area contributed by atoms with Crippen molar-refractivity contribution in [3.63, 3.8) is 0 Å². The van der Waals surface area contributed by atoms with E-state index in [1.54, 1.807) is 7.11 Å². The van der Waals surface area contributed by atoms with Gasteiger partial charge in [-0.25, -0.2) is 4.98 Å². The number of thiazole rings is 1. The van der Waals surface area contributed by atoms with E-state index in [2.05, 4.69) is 45.0 Å². The first-order valence-electron chi connectivity index (χ1n) is 7.92. The monoisotopic (exact) mass is 313 g/mol. The Morgan fingerprint density at radius 3 is 2.62 bits per heavy atom. The summed E-state index contributed by atoms with van der Waals surface area (Å²) in [4.78, 5) is 8.55. The number of aryl methyl sites for hydroxylation is 1. The second kappa shape index (κ2) is 9.38. The smallest absolute Gasteiger partial charge is 0.185 e. The SMILES string of the molecule is CCCc1nc(N(C)C(C)C(C)C)sc1CNCCOC. The molecule has 0 saturated carbocycles. The normalized spacial score (nSPS) is 12.9. The maximum Gasteiger partial charge on any atom is 0.185 e. The number of nitrogens with zero attached hydrogens (tertiary/aromatic N) is 2. The minimum absolute atomic E-state index is 0.500. The summed E-state index contributed by atoms with van der Waals surface area (Å²) in [6, 6.07) is 0.500. The quantitative estimate of drug-likeness (QED) is 0.673. The number of hydrogen-bond donors (Lipinski definition) is 1. The van der Waals surface area contributed by atoms with E-state index in [0.717, 1.165) is 37.7 Å². The van der Waals surface area contributed by atoms with Crippen LogP contribution in [0.2, 0.25) is 0 Å². The Hall–Kier alpha value is -0.650. The van der Waals surface area contributed by atoms with Crippen LogP contribution < -0.4 is 10.2 Å². The van der Waals surface area contributed by atoms with Gasteiger partial charge < -0.3 is 15.0 Å². The summed E-state index contributed by atoms with van der Waals surface area (Å²) in [5.74, 6) is 0.622. The molecule has 0 fully saturated rings. The summed E-state index contributed by atoms with van der Waals surface area (Å²) in [5.41, 5.74) is 1.25. The van der Waals surface area contributed by atoms with Gasteiger partial charge in [-0.3, -0.25) is 0 Å². The molecule has 122 valence electrons. The standard InChI is InChI=1S/C16H31N3OS/c1-7-8-14-15(11-17-9-10-20-6)21-16(18-14)19(5)13(4)12(2)3/h12-13,17H,7-11H2,1-6H3. The molecule has 0 spiro atoms. The zero-order valence-corrected chi connectivity index (χ0v) is 15.2. The summed E-state index contributed by atoms with van der Waals surface area (Å²) in [6.07, 6.45) is 2.19. The molecule has 1 aromatic rings. The first kappa shape index (κ1) is 18.4. The molecule has 1 unspecified atom stereocenters. The number of nitrogens with one attached hydrogen (secondary N) is 1. The number of anilines is 1. The third-order valence-electron chi connectivity index (χ3n) is 3.90. The first-order chi connectivity index (χ1) is 10.0. The highest BCUT2D eigenvalue weighted by molar-refractivity contribution is 7.15. The molecule has 5 heteroatoms. The van der Waals surface area contributed by atoms with Gasteiger partial charge in [-0.15, -0.1) is 11.3 Å². The lowest BCUT2D eigenvalue weighted by Gasteiger charge is -2.27. The molecule has 21 heavy (non-hydrogen) atoms. The van der Waals surface area contributed by atoms with Crippen LogP contribution in [0.4, 0.5) is 5.13 Å². The Morgan fingerprint density at radius 1 is 1.33 bits per heavy atom. The zero-order chi connectivity index (χ0) is 15.8. The van der Waals surface area contributed by atoms with E-state index in [9.17, 15) is 0 Å². The highest BCUT2D eigenvalue weighted by atomic mass is 32.1. The van der Waals surface area contributed by atoms with E-state index in [0.29, 0.717) is 12.0 Å². The third kappa shape index (κ3) is 5.57. The van der Waals surface area contributed by atoms with Crippen molar-refractivity contribution in [3.05, 3.63) is 10.6 Å². The summed E-state index contributed by atoms with van der Waals surface area (Å²) in [5, 5.41) is 4.57. The number of aromatic nitrogens is 1. The van der Waals surface area contributed by atoms with Gasteiger partial charge in [0.25, 0.3) is 0 Å². The van der Waals surface area contributed by atoms with Crippen LogP contribution in [0, 0.1) is 5.92 Å². The predicted molar refractivity (Wildman–Crippen MR) is 92.4 cm³/mol. The molecule has 0 radical (unpaired) electrons. The van der Waals surface area contributed by atoms with Crippen LogP contribution in [0.15, 0.2) is 0 Å². The average Bonchev–Trinajstić information content (AvgIpc) is 2.85. The van der Waals surface area contributed by atoms with Crippen molar-refractivity contribution in [2.75, 3.05) is 32.2 Å². The molecule has 0 aliphatic rings. The van der Waals surface area contributed by atoms with Crippen LogP contribution in [-0.2, 0) is 17.7 Å². The van der Waals surface area contributed by atoms with Gasteiger partial charge in [0.1, 0.15) is 0 Å². The third-order valence-corrected chi connectivity index (χ3v) is 5.09. The maximum absolute atomic E-state index is 5.08. The second-order valence-corrected chi connectivity index (χ2v) is 6.94. The fourth-order valence-electron chi connectivity index (χ4n) is 2.09. The number of hydrogen-bond acceptors (Lipinski definition) is 5. The largest absolute Gasteiger partial charge is 0.383 e. The van der Waals surface area contributed by atoms with Crippen LogP contribution in [0.1, 0.15) is 44.7 Å². The van der Waals surface area contributed by atoms with E-state index in [1.165, 1.54) is 10.6 Å². The molecular formula is C16H31N3OS. The minimum atomic E-state index is 0.500. The van der Waals surface area contributed by atoms with Crippen molar-refractivity contribution in [1.82, 2.24) is 10.3 Å². The lowest BCUT2D eigenvalue weighted by atomic mass is 10.1. The van der Waals surface area contributed by atoms with E-state index < -0.39 is 0 Å². The van der Waals surface area contributed by atoms with Crippen LogP contribution in [0.5, 0.6) is 0 Å². The van der Waals surface area contributed by atoms with Gasteiger partial charge in [0.2, 0.25) is 0 Å². The molecule has 0 amide bonds. The van der Waals surface area contributed by atoms with Crippen LogP contribution in [0.3, 0.4) is 0 Å². The van der Waals surface area contributed by atoms with Gasteiger partial charge >= 0.3 is 0 Å². The molecule has 4 nitrogen and oxygen atoms in total. The Morgan fingerprint density at radius 2 is 2.05 bits per heavy atom. The lowest BCUT2D eigenvalue weighted by Crippen LogP contribution is -2.33. The van der Waals surface area contributed by atoms with Gasteiger partial charge in [0.05, 0.1) is 12.3 Å². The molecular weight excluding hydrogens is 282 g/mol. The second-order valence-electron chi connectivity index (χ2n) is 5.88. The molecule has 1 aromatic heterocycles. The number of ether oxygens (including phenoxy) is 1. The fourth-order valence-corrected chi connectivity index (χ4v) is 3.21. The highest BCUT2D eigenvalue weighted by Crippen LogP contribution is 2.29. The topological polar surface area (TPSA) is 37.4 Å². The number of rotatable bonds is 10. The molecule has 1 rings (SSSR count). The molecule has 0 bridgehead atoms. The molecule has 1 atom stereocenters. The Bertz CT molecular complexity index is 406. The van der Waals surface area contributed by atoms with E-state index >= 15 is 0 Å². The first-order valence-corrected chi connectivity index (χ1v) is 8.73. The highest BCUT2D eigenvalue weighted by Gasteiger charge is 2.19. The van der Waals surface area contributed by atoms with Crippen molar-refractivity contribution < 1.29 is 4.74 Å². The Labute approximate surface area is 133 Å². The molecule has 0 saturated heterocycles. The van der Waals surface area contributed by atoms with Gasteiger partial charge in [-0.2, -0.15) is 0 Å². The Kier molecular flexibility index (Phi) is 8.22. The average molecular weight is 314 g/mol. The predicted octanol–water partition coefficient (Wildman–Crippen LogP) is 3.31. The molecule has 0 aliphatic heterocycles. The fraction of sp³-hybridized carbons (Fsp3) is 0.812. The van der Waals surface area contributed by atoms with E-state index in [-0.39, 0.29) is 0 Å². The summed E-state index contributed by atoms with van der Waals surface area (Å²) < 4.78 is 5.08. The van der Waals surface area contributed by atoms with Crippen LogP contribution in [-0.4, -0.2) is 38.3 Å². The van der Waals surface area contributed by atoms with Crippen LogP contribution in [0.25, 0.3) is 0 Å². The van der Waals surface area contributed by atoms with E-state index in [4.69, 9.17) is 9.72 Å². The molecule has 0 aliphatic carbocycles. The van der Waals surface area contributed by atoms with Gasteiger partial charge in [-0.05, 0) is 19.3 Å². The summed E-state index contributed by atoms with van der Waals surface area (Å²) in [6.45, 7) is 11.5. The molecule has 1 heterocycles. The van der Waals surface area contributed by atoms with Crippen molar-refractivity contribution in [2.24, 2.45) is 5.92 Å². The summed E-state index contributed by atoms with van der Waals surface area (Å²) in [7, 11) is 3.89. The molecule has 1 N–H and O–H groups in total. The van der Waals surface area contributed by atoms with Crippen molar-refractivity contribution >= 4 is 16.5 Å². The van der Waals surface area contributed by atoms with Crippen molar-refractivity contribution in [3.8, 4) is 0 Å². The van der Waals surface area contributed by atoms with E-state index in [1.807, 2.05) is 11.3 Å². The van der Waals surface area contributed by atoms with Crippen molar-refractivity contribution in [1.29, 1.82) is 0 Å². The van der Waals surface area contributed by atoms with Gasteiger partial charge in [-0.1, -0.05) is 27.2 Å². The zero-order valence-electron chi connectivity index (χ0n) is 14.4. The van der Waals surface area contributed by atoms with Gasteiger partial charge in [0.15, 0.2) is 5.13 Å². The minimum Gasteiger partial charge on any atom is -0.383 e. The van der Waals surface area contributed by atoms with Crippen LogP contribution >= 0.6 is 11.3 Å². The van der Waals surface area contributed by atoms with Crippen molar-refractivity contribution in [2.45, 2.75) is 53.1 Å².